The Kier molecular flexibility index (Phi) is 6.88. The van der Waals surface area contributed by atoms with E-state index < -0.39 is 16.8 Å². The second-order valence-electron chi connectivity index (χ2n) is 11.8. The minimum atomic E-state index is -1.13. The largest absolute Gasteiger partial charge is 0.481 e. The van der Waals surface area contributed by atoms with Crippen molar-refractivity contribution in [2.45, 2.75) is 85.9 Å². The molecule has 1 aliphatic heterocycles. The van der Waals surface area contributed by atoms with Gasteiger partial charge in [-0.2, -0.15) is 0 Å². The lowest BCUT2D eigenvalue weighted by molar-refractivity contribution is -0.167. The number of carbonyl (C=O) groups is 2. The Morgan fingerprint density at radius 2 is 1.91 bits per heavy atom. The van der Waals surface area contributed by atoms with Crippen molar-refractivity contribution in [3.63, 3.8) is 0 Å². The molecule has 33 heavy (non-hydrogen) atoms. The number of aliphatic carboxylic acids is 1. The van der Waals surface area contributed by atoms with E-state index in [1.165, 1.54) is 0 Å². The molecule has 5 heteroatoms. The third-order valence-corrected chi connectivity index (χ3v) is 10.3. The summed E-state index contributed by atoms with van der Waals surface area (Å²) >= 11 is 0. The number of carbonyl (C=O) groups excluding carboxylic acids is 1. The first-order valence-electron chi connectivity index (χ1n) is 13.5. The van der Waals surface area contributed by atoms with Crippen LogP contribution in [0.3, 0.4) is 0 Å². The number of fused-ring (bicyclic) bond motifs is 2. The molecule has 2 bridgehead atoms. The van der Waals surface area contributed by atoms with Crippen LogP contribution in [0.25, 0.3) is 0 Å². The van der Waals surface area contributed by atoms with Crippen molar-refractivity contribution in [2.24, 2.45) is 46.3 Å². The van der Waals surface area contributed by atoms with Crippen LogP contribution in [0.4, 0.5) is 0 Å². The summed E-state index contributed by atoms with van der Waals surface area (Å²) in [7, 11) is 0. The zero-order valence-electron chi connectivity index (χ0n) is 21.5. The van der Waals surface area contributed by atoms with Gasteiger partial charge in [0.15, 0.2) is 0 Å². The van der Waals surface area contributed by atoms with Crippen LogP contribution in [-0.2, 0) is 14.3 Å². The number of hydrogen-bond donors (Lipinski definition) is 1. The third-order valence-electron chi connectivity index (χ3n) is 10.3. The number of nitrogens with zero attached hydrogens (tertiary/aromatic N) is 1. The molecular formula is C28H45NO4. The third kappa shape index (κ3) is 3.47. The number of carboxylic acids is 1. The average Bonchev–Trinajstić information content (AvgIpc) is 3.53. The molecule has 4 rings (SSSR count). The fourth-order valence-corrected chi connectivity index (χ4v) is 8.63. The fraction of sp³-hybridized carbons (Fsp3) is 0.857. The summed E-state index contributed by atoms with van der Waals surface area (Å²) in [6.07, 6.45) is 7.99. The van der Waals surface area contributed by atoms with Crippen molar-refractivity contribution < 1.29 is 19.4 Å². The molecule has 3 fully saturated rings. The van der Waals surface area contributed by atoms with Crippen molar-refractivity contribution >= 4 is 12.3 Å². The highest BCUT2D eigenvalue weighted by Crippen LogP contribution is 2.74. The van der Waals surface area contributed by atoms with Crippen LogP contribution in [-0.4, -0.2) is 54.1 Å². The van der Waals surface area contributed by atoms with E-state index in [0.29, 0.717) is 18.3 Å². The lowest BCUT2D eigenvalue weighted by Crippen LogP contribution is -2.56. The molecule has 4 aliphatic rings. The Balaban J connectivity index is 1.74. The molecule has 186 valence electrons. The second kappa shape index (κ2) is 9.11. The standard InChI is InChI=1S/C28H45NO4/c1-7-29(8-2)15-21-10-12-24(33-21)25-20-13-23(17(3)4)28(25,26(31)32)27(14-20,16-30)22-11-9-18(5)19(22)6/h13,16-22,24-25H,7-12,14-15H2,1-6H3,(H,31,32)/t18-,19?,20?,21?,22-,24?,25?,27?,28?/m1/s1. The van der Waals surface area contributed by atoms with Gasteiger partial charge in [-0.1, -0.05) is 59.6 Å². The maximum absolute atomic E-state index is 13.5. The molecule has 9 atom stereocenters. The molecule has 1 N–H and O–H groups in total. The summed E-state index contributed by atoms with van der Waals surface area (Å²) in [6, 6.07) is 0. The molecule has 1 saturated heterocycles. The van der Waals surface area contributed by atoms with E-state index >= 15 is 0 Å². The molecule has 1 heterocycles. The van der Waals surface area contributed by atoms with Crippen LogP contribution in [0, 0.1) is 46.3 Å². The van der Waals surface area contributed by atoms with Gasteiger partial charge in [-0.3, -0.25) is 4.79 Å². The van der Waals surface area contributed by atoms with Gasteiger partial charge >= 0.3 is 5.97 Å². The highest BCUT2D eigenvalue weighted by Gasteiger charge is 2.76. The van der Waals surface area contributed by atoms with E-state index in [-0.39, 0.29) is 35.9 Å². The maximum atomic E-state index is 13.5. The summed E-state index contributed by atoms with van der Waals surface area (Å²) in [5.74, 6) is 0.315. The summed E-state index contributed by atoms with van der Waals surface area (Å²) in [6.45, 7) is 16.0. The summed E-state index contributed by atoms with van der Waals surface area (Å²) in [4.78, 5) is 29.0. The molecule has 2 saturated carbocycles. The highest BCUT2D eigenvalue weighted by molar-refractivity contribution is 5.89. The van der Waals surface area contributed by atoms with Gasteiger partial charge in [-0.15, -0.1) is 0 Å². The van der Waals surface area contributed by atoms with Gasteiger partial charge in [0.05, 0.1) is 12.2 Å². The second-order valence-corrected chi connectivity index (χ2v) is 11.8. The minimum absolute atomic E-state index is 0.0879. The predicted molar refractivity (Wildman–Crippen MR) is 130 cm³/mol. The monoisotopic (exact) mass is 459 g/mol. The topological polar surface area (TPSA) is 66.8 Å². The van der Waals surface area contributed by atoms with Crippen LogP contribution in [0.5, 0.6) is 0 Å². The number of ether oxygens (including phenoxy) is 1. The first kappa shape index (κ1) is 24.9. The molecular weight excluding hydrogens is 414 g/mol. The quantitative estimate of drug-likeness (QED) is 0.386. The van der Waals surface area contributed by atoms with Crippen LogP contribution < -0.4 is 0 Å². The Bertz CT molecular complexity index is 789. The fourth-order valence-electron chi connectivity index (χ4n) is 8.63. The molecule has 0 radical (unpaired) electrons. The maximum Gasteiger partial charge on any atom is 0.315 e. The predicted octanol–water partition coefficient (Wildman–Crippen LogP) is 5.05. The van der Waals surface area contributed by atoms with Crippen molar-refractivity contribution in [2.75, 3.05) is 19.6 Å². The van der Waals surface area contributed by atoms with Crippen molar-refractivity contribution in [1.29, 1.82) is 0 Å². The number of aldehydes is 1. The zero-order chi connectivity index (χ0) is 24.1. The van der Waals surface area contributed by atoms with Crippen LogP contribution in [0.15, 0.2) is 11.6 Å². The lowest BCUT2D eigenvalue weighted by Gasteiger charge is -2.50. The number of rotatable bonds is 9. The van der Waals surface area contributed by atoms with Gasteiger partial charge in [0.2, 0.25) is 0 Å². The lowest BCUT2D eigenvalue weighted by atomic mass is 9.51. The minimum Gasteiger partial charge on any atom is -0.481 e. The normalized spacial score (nSPS) is 44.7. The van der Waals surface area contributed by atoms with E-state index in [4.69, 9.17) is 4.74 Å². The smallest absolute Gasteiger partial charge is 0.315 e. The Morgan fingerprint density at radius 1 is 1.21 bits per heavy atom. The Hall–Kier alpha value is -1.20. The summed E-state index contributed by atoms with van der Waals surface area (Å²) in [5.41, 5.74) is -0.968. The number of likely N-dealkylation sites (N-methyl/N-ethyl adjacent to an activating group) is 1. The van der Waals surface area contributed by atoms with Gasteiger partial charge in [0, 0.05) is 17.9 Å². The molecule has 0 aromatic heterocycles. The average molecular weight is 460 g/mol. The number of hydrogen-bond acceptors (Lipinski definition) is 4. The van der Waals surface area contributed by atoms with Gasteiger partial charge in [-0.25, -0.2) is 0 Å². The molecule has 0 amide bonds. The van der Waals surface area contributed by atoms with E-state index in [2.05, 4.69) is 52.5 Å². The van der Waals surface area contributed by atoms with E-state index in [1.54, 1.807) is 0 Å². The Labute approximate surface area is 200 Å². The number of carboxylic acid groups (broad SMARTS) is 1. The highest BCUT2D eigenvalue weighted by atomic mass is 16.5. The van der Waals surface area contributed by atoms with E-state index in [1.807, 2.05) is 0 Å². The van der Waals surface area contributed by atoms with E-state index in [9.17, 15) is 14.7 Å². The SMILES string of the molecule is CCN(CC)CC1CCC(C2C3C=C(C(C)C)C2(C(=O)O)C(C=O)([C@@H]2CC[C@@H](C)C2C)C3)O1. The molecule has 7 unspecified atom stereocenters. The van der Waals surface area contributed by atoms with Crippen molar-refractivity contribution in [1.82, 2.24) is 4.90 Å². The van der Waals surface area contributed by atoms with Gasteiger partial charge < -0.3 is 19.5 Å². The van der Waals surface area contributed by atoms with Crippen molar-refractivity contribution in [3.8, 4) is 0 Å². The first-order chi connectivity index (χ1) is 15.7. The molecule has 0 spiro atoms. The van der Waals surface area contributed by atoms with Crippen LogP contribution in [0.1, 0.15) is 73.6 Å². The molecule has 5 nitrogen and oxygen atoms in total. The Morgan fingerprint density at radius 3 is 2.42 bits per heavy atom. The molecule has 0 aromatic carbocycles. The van der Waals surface area contributed by atoms with Crippen LogP contribution >= 0.6 is 0 Å². The zero-order valence-corrected chi connectivity index (χ0v) is 21.5. The summed E-state index contributed by atoms with van der Waals surface area (Å²) < 4.78 is 6.66. The van der Waals surface area contributed by atoms with Crippen molar-refractivity contribution in [3.05, 3.63) is 11.6 Å². The molecule has 3 aliphatic carbocycles. The number of allylic oxidation sites excluding steroid dienone is 1. The van der Waals surface area contributed by atoms with E-state index in [0.717, 1.165) is 57.2 Å². The van der Waals surface area contributed by atoms with Gasteiger partial charge in [-0.05, 0) is 68.4 Å². The first-order valence-corrected chi connectivity index (χ1v) is 13.5. The van der Waals surface area contributed by atoms with Gasteiger partial charge in [0.1, 0.15) is 11.7 Å². The van der Waals surface area contributed by atoms with Crippen LogP contribution in [0.2, 0.25) is 0 Å². The summed E-state index contributed by atoms with van der Waals surface area (Å²) in [5, 5.41) is 11.0. The van der Waals surface area contributed by atoms with Gasteiger partial charge in [0.25, 0.3) is 0 Å². The molecule has 0 aromatic rings.